The minimum Gasteiger partial charge on any atom is -0.397 e. The van der Waals surface area contributed by atoms with Gasteiger partial charge in [-0.3, -0.25) is 4.79 Å². The van der Waals surface area contributed by atoms with Gasteiger partial charge in [-0.2, -0.15) is 0 Å². The van der Waals surface area contributed by atoms with Crippen LogP contribution in [0.3, 0.4) is 0 Å². The van der Waals surface area contributed by atoms with Crippen molar-refractivity contribution in [2.75, 3.05) is 11.1 Å². The van der Waals surface area contributed by atoms with E-state index in [2.05, 4.69) is 5.32 Å². The average molecular weight is 248 g/mol. The molecule has 4 heteroatoms. The van der Waals surface area contributed by atoms with Crippen molar-refractivity contribution in [3.63, 3.8) is 0 Å². The Hall–Kier alpha value is -1.55. The summed E-state index contributed by atoms with van der Waals surface area (Å²) in [4.78, 5) is 12.0. The van der Waals surface area contributed by atoms with Gasteiger partial charge in [0.2, 0.25) is 0 Å². The molecule has 3 N–H and O–H groups in total. The van der Waals surface area contributed by atoms with Crippen molar-refractivity contribution in [1.29, 1.82) is 0 Å². The van der Waals surface area contributed by atoms with Gasteiger partial charge in [-0.1, -0.05) is 0 Å². The lowest BCUT2D eigenvalue weighted by atomic mass is 10.1. The predicted octanol–water partition coefficient (Wildman–Crippen LogP) is 2.39. The standard InChI is InChI=1S/C14H20N2O2/c1-8-6-11(15)12(7-9(8)2)16-14(17)13-5-4-10(3)18-13/h6-7,10,13H,4-5,15H2,1-3H3,(H,16,17). The van der Waals surface area contributed by atoms with Crippen LogP contribution in [0, 0.1) is 13.8 Å². The highest BCUT2D eigenvalue weighted by molar-refractivity contribution is 5.97. The molecule has 2 unspecified atom stereocenters. The van der Waals surface area contributed by atoms with Crippen molar-refractivity contribution in [2.45, 2.75) is 45.8 Å². The molecule has 0 aromatic heterocycles. The van der Waals surface area contributed by atoms with E-state index in [4.69, 9.17) is 10.5 Å². The van der Waals surface area contributed by atoms with Crippen molar-refractivity contribution in [3.05, 3.63) is 23.3 Å². The number of nitrogens with one attached hydrogen (secondary N) is 1. The lowest BCUT2D eigenvalue weighted by Gasteiger charge is -2.14. The Bertz CT molecular complexity index is 471. The number of ether oxygens (including phenoxy) is 1. The van der Waals surface area contributed by atoms with Crippen LogP contribution in [0.25, 0.3) is 0 Å². The van der Waals surface area contributed by atoms with Crippen molar-refractivity contribution < 1.29 is 9.53 Å². The lowest BCUT2D eigenvalue weighted by Crippen LogP contribution is -2.28. The number of nitrogens with two attached hydrogens (primary N) is 1. The molecule has 1 heterocycles. The Kier molecular flexibility index (Phi) is 3.57. The maximum absolute atomic E-state index is 12.0. The summed E-state index contributed by atoms with van der Waals surface area (Å²) >= 11 is 0. The fourth-order valence-electron chi connectivity index (χ4n) is 2.16. The Morgan fingerprint density at radius 3 is 2.61 bits per heavy atom. The van der Waals surface area contributed by atoms with Crippen LogP contribution < -0.4 is 11.1 Å². The Morgan fingerprint density at radius 2 is 2.00 bits per heavy atom. The molecule has 1 saturated heterocycles. The largest absolute Gasteiger partial charge is 0.397 e. The van der Waals surface area contributed by atoms with Crippen LogP contribution in [0.2, 0.25) is 0 Å². The molecule has 1 amide bonds. The molecule has 1 aromatic carbocycles. The topological polar surface area (TPSA) is 64.3 Å². The van der Waals surface area contributed by atoms with Gasteiger partial charge in [0, 0.05) is 0 Å². The monoisotopic (exact) mass is 248 g/mol. The van der Waals surface area contributed by atoms with Gasteiger partial charge in [0.25, 0.3) is 5.91 Å². The Morgan fingerprint density at radius 1 is 1.33 bits per heavy atom. The Labute approximate surface area is 108 Å². The van der Waals surface area contributed by atoms with Crippen LogP contribution in [0.1, 0.15) is 30.9 Å². The molecule has 1 aliphatic heterocycles. The van der Waals surface area contributed by atoms with Crippen molar-refractivity contribution >= 4 is 17.3 Å². The molecule has 4 nitrogen and oxygen atoms in total. The second kappa shape index (κ2) is 4.98. The van der Waals surface area contributed by atoms with E-state index in [1.807, 2.05) is 32.9 Å². The molecule has 98 valence electrons. The first-order valence-corrected chi connectivity index (χ1v) is 6.30. The van der Waals surface area contributed by atoms with Gasteiger partial charge in [-0.25, -0.2) is 0 Å². The SMILES string of the molecule is Cc1cc(N)c(NC(=O)C2CCC(C)O2)cc1C. The van der Waals surface area contributed by atoms with E-state index in [9.17, 15) is 4.79 Å². The van der Waals surface area contributed by atoms with Crippen LogP contribution in [-0.2, 0) is 9.53 Å². The smallest absolute Gasteiger partial charge is 0.253 e. The van der Waals surface area contributed by atoms with Gasteiger partial charge in [0.1, 0.15) is 6.10 Å². The number of hydrogen-bond acceptors (Lipinski definition) is 3. The van der Waals surface area contributed by atoms with E-state index in [-0.39, 0.29) is 18.1 Å². The van der Waals surface area contributed by atoms with E-state index in [0.29, 0.717) is 11.4 Å². The van der Waals surface area contributed by atoms with E-state index in [1.165, 1.54) is 0 Å². The van der Waals surface area contributed by atoms with E-state index in [1.54, 1.807) is 0 Å². The zero-order chi connectivity index (χ0) is 13.3. The highest BCUT2D eigenvalue weighted by Gasteiger charge is 2.28. The number of nitrogen functional groups attached to an aromatic ring is 1. The summed E-state index contributed by atoms with van der Waals surface area (Å²) in [5.74, 6) is -0.102. The zero-order valence-electron chi connectivity index (χ0n) is 11.1. The number of carbonyl (C=O) groups is 1. The summed E-state index contributed by atoms with van der Waals surface area (Å²) in [6.07, 6.45) is 1.52. The molecular weight excluding hydrogens is 228 g/mol. The molecule has 0 spiro atoms. The normalized spacial score (nSPS) is 23.1. The summed E-state index contributed by atoms with van der Waals surface area (Å²) in [5, 5.41) is 2.85. The minimum atomic E-state index is -0.346. The third-order valence-electron chi connectivity index (χ3n) is 3.45. The third kappa shape index (κ3) is 2.64. The number of amides is 1. The van der Waals surface area contributed by atoms with Crippen LogP contribution >= 0.6 is 0 Å². The van der Waals surface area contributed by atoms with Crippen LogP contribution in [0.4, 0.5) is 11.4 Å². The van der Waals surface area contributed by atoms with Crippen molar-refractivity contribution in [3.8, 4) is 0 Å². The summed E-state index contributed by atoms with van der Waals surface area (Å²) in [6.45, 7) is 5.98. The molecule has 1 aliphatic rings. The van der Waals surface area contributed by atoms with Gasteiger partial charge in [-0.05, 0) is 56.9 Å². The number of rotatable bonds is 2. The van der Waals surface area contributed by atoms with Crippen molar-refractivity contribution in [2.24, 2.45) is 0 Å². The maximum atomic E-state index is 12.0. The van der Waals surface area contributed by atoms with E-state index >= 15 is 0 Å². The molecule has 2 rings (SSSR count). The third-order valence-corrected chi connectivity index (χ3v) is 3.45. The maximum Gasteiger partial charge on any atom is 0.253 e. The fraction of sp³-hybridized carbons (Fsp3) is 0.500. The molecule has 1 fully saturated rings. The molecule has 0 aliphatic carbocycles. The molecule has 2 atom stereocenters. The molecule has 0 saturated carbocycles. The number of carbonyl (C=O) groups excluding carboxylic acids is 1. The minimum absolute atomic E-state index is 0.102. The van der Waals surface area contributed by atoms with Gasteiger partial charge in [0.15, 0.2) is 0 Å². The molecule has 1 aromatic rings. The number of benzene rings is 1. The molecule has 18 heavy (non-hydrogen) atoms. The number of aryl methyl sites for hydroxylation is 2. The summed E-state index contributed by atoms with van der Waals surface area (Å²) < 4.78 is 5.54. The van der Waals surface area contributed by atoms with Gasteiger partial charge >= 0.3 is 0 Å². The van der Waals surface area contributed by atoms with Crippen LogP contribution in [0.15, 0.2) is 12.1 Å². The zero-order valence-corrected chi connectivity index (χ0v) is 11.1. The van der Waals surface area contributed by atoms with Crippen molar-refractivity contribution in [1.82, 2.24) is 0 Å². The second-order valence-electron chi connectivity index (χ2n) is 5.03. The predicted molar refractivity (Wildman–Crippen MR) is 72.5 cm³/mol. The number of hydrogen-bond donors (Lipinski definition) is 2. The molecule has 0 bridgehead atoms. The fourth-order valence-corrected chi connectivity index (χ4v) is 2.16. The first-order chi connectivity index (χ1) is 8.47. The van der Waals surface area contributed by atoms with Gasteiger partial charge < -0.3 is 15.8 Å². The van der Waals surface area contributed by atoms with Crippen LogP contribution in [-0.4, -0.2) is 18.1 Å². The second-order valence-corrected chi connectivity index (χ2v) is 5.03. The molecular formula is C14H20N2O2. The van der Waals surface area contributed by atoms with E-state index < -0.39 is 0 Å². The van der Waals surface area contributed by atoms with Gasteiger partial charge in [0.05, 0.1) is 17.5 Å². The quantitative estimate of drug-likeness (QED) is 0.790. The average Bonchev–Trinajstić information content (AvgIpc) is 2.73. The highest BCUT2D eigenvalue weighted by atomic mass is 16.5. The summed E-state index contributed by atoms with van der Waals surface area (Å²) in [7, 11) is 0. The van der Waals surface area contributed by atoms with Gasteiger partial charge in [-0.15, -0.1) is 0 Å². The van der Waals surface area contributed by atoms with Crippen LogP contribution in [0.5, 0.6) is 0 Å². The summed E-state index contributed by atoms with van der Waals surface area (Å²) in [6, 6.07) is 3.78. The lowest BCUT2D eigenvalue weighted by molar-refractivity contribution is -0.126. The molecule has 0 radical (unpaired) electrons. The summed E-state index contributed by atoms with van der Waals surface area (Å²) in [5.41, 5.74) is 9.41. The first-order valence-electron chi connectivity index (χ1n) is 6.30. The van der Waals surface area contributed by atoms with E-state index in [0.717, 1.165) is 24.0 Å². The highest BCUT2D eigenvalue weighted by Crippen LogP contribution is 2.25. The Balaban J connectivity index is 2.09. The first kappa shape index (κ1) is 12.9. The number of anilines is 2.